The number of hydrogen-bond acceptors (Lipinski definition) is 6. The summed E-state index contributed by atoms with van der Waals surface area (Å²) in [6.07, 6.45) is 3.84. The molecular formula is C19H17NO5S. The number of rotatable bonds is 7. The lowest BCUT2D eigenvalue weighted by Crippen LogP contribution is -2.10. The van der Waals surface area contributed by atoms with Gasteiger partial charge in [0.25, 0.3) is 0 Å². The molecule has 0 aliphatic rings. The first-order valence-electron chi connectivity index (χ1n) is 7.74. The molecule has 2 aromatic carbocycles. The Balaban J connectivity index is 1.80. The lowest BCUT2D eigenvalue weighted by Gasteiger charge is -2.09. The topological polar surface area (TPSA) is 77.9 Å². The van der Waals surface area contributed by atoms with Gasteiger partial charge in [-0.05, 0) is 42.0 Å². The average molecular weight is 371 g/mol. The Bertz CT molecular complexity index is 964. The van der Waals surface area contributed by atoms with Crippen LogP contribution >= 0.6 is 11.3 Å². The highest BCUT2D eigenvalue weighted by molar-refractivity contribution is 7.19. The number of benzene rings is 2. The van der Waals surface area contributed by atoms with Crippen LogP contribution < -0.4 is 14.2 Å². The Morgan fingerprint density at radius 2 is 1.96 bits per heavy atom. The van der Waals surface area contributed by atoms with E-state index in [1.54, 1.807) is 30.6 Å². The fourth-order valence-electron chi connectivity index (χ4n) is 2.34. The first kappa shape index (κ1) is 17.8. The number of carboxylic acid groups (broad SMARTS) is 1. The molecule has 7 heteroatoms. The van der Waals surface area contributed by atoms with Crippen LogP contribution in [0.5, 0.6) is 17.2 Å². The molecule has 0 atom stereocenters. The first-order chi connectivity index (χ1) is 12.6. The van der Waals surface area contributed by atoms with Crippen molar-refractivity contribution in [1.82, 2.24) is 4.98 Å². The van der Waals surface area contributed by atoms with Crippen molar-refractivity contribution in [3.05, 3.63) is 47.0 Å². The Morgan fingerprint density at radius 1 is 1.12 bits per heavy atom. The summed E-state index contributed by atoms with van der Waals surface area (Å²) in [6.45, 7) is -0.416. The van der Waals surface area contributed by atoms with Gasteiger partial charge in [-0.25, -0.2) is 9.78 Å². The molecule has 0 saturated heterocycles. The van der Waals surface area contributed by atoms with E-state index in [2.05, 4.69) is 4.98 Å². The Morgan fingerprint density at radius 3 is 2.69 bits per heavy atom. The first-order valence-corrected chi connectivity index (χ1v) is 8.56. The largest absolute Gasteiger partial charge is 0.497 e. The quantitative estimate of drug-likeness (QED) is 0.678. The predicted octanol–water partition coefficient (Wildman–Crippen LogP) is 3.95. The number of ether oxygens (including phenoxy) is 3. The van der Waals surface area contributed by atoms with Crippen molar-refractivity contribution < 1.29 is 24.1 Å². The molecule has 1 N–H and O–H groups in total. The molecule has 3 rings (SSSR count). The van der Waals surface area contributed by atoms with Crippen molar-refractivity contribution in [1.29, 1.82) is 0 Å². The van der Waals surface area contributed by atoms with Crippen molar-refractivity contribution in [2.75, 3.05) is 20.8 Å². The third-order valence-corrected chi connectivity index (χ3v) is 4.55. The van der Waals surface area contributed by atoms with E-state index in [1.165, 1.54) is 7.11 Å². The molecule has 3 aromatic rings. The van der Waals surface area contributed by atoms with Crippen LogP contribution in [0.25, 0.3) is 22.4 Å². The van der Waals surface area contributed by atoms with Gasteiger partial charge in [0, 0.05) is 0 Å². The zero-order valence-electron chi connectivity index (χ0n) is 14.3. The molecule has 1 heterocycles. The summed E-state index contributed by atoms with van der Waals surface area (Å²) in [5.74, 6) is 0.628. The van der Waals surface area contributed by atoms with Crippen molar-refractivity contribution in [3.8, 4) is 17.2 Å². The van der Waals surface area contributed by atoms with E-state index in [9.17, 15) is 4.79 Å². The van der Waals surface area contributed by atoms with Crippen LogP contribution in [0.3, 0.4) is 0 Å². The summed E-state index contributed by atoms with van der Waals surface area (Å²) >= 11 is 1.57. The van der Waals surface area contributed by atoms with Crippen LogP contribution in [0, 0.1) is 0 Å². The molecule has 1 aromatic heterocycles. The van der Waals surface area contributed by atoms with E-state index in [4.69, 9.17) is 19.3 Å². The Labute approximate surface area is 154 Å². The lowest BCUT2D eigenvalue weighted by molar-refractivity contribution is -0.139. The summed E-state index contributed by atoms with van der Waals surface area (Å²) < 4.78 is 16.7. The highest BCUT2D eigenvalue weighted by Gasteiger charge is 2.07. The molecular weight excluding hydrogens is 354 g/mol. The zero-order chi connectivity index (χ0) is 18.5. The van der Waals surface area contributed by atoms with E-state index >= 15 is 0 Å². The molecule has 0 spiro atoms. The van der Waals surface area contributed by atoms with Crippen LogP contribution in [-0.2, 0) is 4.79 Å². The van der Waals surface area contributed by atoms with Gasteiger partial charge in [0.05, 0.1) is 24.4 Å². The Kier molecular flexibility index (Phi) is 5.38. The number of aromatic nitrogens is 1. The molecule has 26 heavy (non-hydrogen) atoms. The summed E-state index contributed by atoms with van der Waals surface area (Å²) in [7, 11) is 3.15. The third-order valence-electron chi connectivity index (χ3n) is 3.57. The number of carboxylic acids is 1. The van der Waals surface area contributed by atoms with Crippen LogP contribution in [0.1, 0.15) is 10.6 Å². The van der Waals surface area contributed by atoms with E-state index < -0.39 is 12.6 Å². The smallest absolute Gasteiger partial charge is 0.341 e. The highest BCUT2D eigenvalue weighted by atomic mass is 32.1. The maximum absolute atomic E-state index is 10.6. The van der Waals surface area contributed by atoms with Crippen molar-refractivity contribution in [2.24, 2.45) is 0 Å². The fraction of sp³-hybridized carbons (Fsp3) is 0.158. The van der Waals surface area contributed by atoms with Gasteiger partial charge in [0.15, 0.2) is 18.1 Å². The molecule has 0 fully saturated rings. The summed E-state index contributed by atoms with van der Waals surface area (Å²) in [5, 5.41) is 9.58. The van der Waals surface area contributed by atoms with Crippen LogP contribution in [0.4, 0.5) is 0 Å². The number of nitrogens with zero attached hydrogens (tertiary/aromatic N) is 1. The maximum atomic E-state index is 10.6. The maximum Gasteiger partial charge on any atom is 0.341 e. The molecule has 0 unspecified atom stereocenters. The van der Waals surface area contributed by atoms with Gasteiger partial charge in [-0.2, -0.15) is 0 Å². The van der Waals surface area contributed by atoms with Crippen LogP contribution in [0.15, 0.2) is 36.4 Å². The highest BCUT2D eigenvalue weighted by Crippen LogP contribution is 2.30. The van der Waals surface area contributed by atoms with Gasteiger partial charge in [0.1, 0.15) is 10.8 Å². The number of aliphatic carboxylic acids is 1. The second-order valence-electron chi connectivity index (χ2n) is 5.31. The number of carbonyl (C=O) groups is 1. The van der Waals surface area contributed by atoms with Gasteiger partial charge in [-0.3, -0.25) is 0 Å². The summed E-state index contributed by atoms with van der Waals surface area (Å²) in [5.41, 5.74) is 1.81. The molecule has 6 nitrogen and oxygen atoms in total. The molecule has 0 aliphatic carbocycles. The molecule has 0 saturated carbocycles. The van der Waals surface area contributed by atoms with Gasteiger partial charge < -0.3 is 19.3 Å². The van der Waals surface area contributed by atoms with Crippen LogP contribution in [-0.4, -0.2) is 36.9 Å². The SMILES string of the molecule is COc1ccc2nc(/C=C/c3ccc(OCC(=O)O)c(OC)c3)sc2c1. The van der Waals surface area contributed by atoms with E-state index in [0.717, 1.165) is 26.5 Å². The van der Waals surface area contributed by atoms with Gasteiger partial charge >= 0.3 is 5.97 Å². The van der Waals surface area contributed by atoms with Gasteiger partial charge in [0.2, 0.25) is 0 Å². The van der Waals surface area contributed by atoms with Crippen LogP contribution in [0.2, 0.25) is 0 Å². The standard InChI is InChI=1S/C19H17NO5S/c1-23-13-5-6-14-17(10-13)26-18(20-14)8-4-12-3-7-15(16(9-12)24-2)25-11-19(21)22/h3-10H,11H2,1-2H3,(H,21,22)/b8-4+. The van der Waals surface area contributed by atoms with Crippen molar-refractivity contribution >= 4 is 39.7 Å². The zero-order valence-corrected chi connectivity index (χ0v) is 15.1. The minimum atomic E-state index is -1.04. The molecule has 134 valence electrons. The molecule has 0 bridgehead atoms. The average Bonchev–Trinajstić information content (AvgIpc) is 3.06. The predicted molar refractivity (Wildman–Crippen MR) is 101 cm³/mol. The lowest BCUT2D eigenvalue weighted by atomic mass is 10.2. The molecule has 0 amide bonds. The van der Waals surface area contributed by atoms with Gasteiger partial charge in [-0.1, -0.05) is 12.1 Å². The molecule has 0 radical (unpaired) electrons. The van der Waals surface area contributed by atoms with Gasteiger partial charge in [-0.15, -0.1) is 11.3 Å². The minimum absolute atomic E-state index is 0.388. The van der Waals surface area contributed by atoms with E-state index in [-0.39, 0.29) is 0 Å². The number of hydrogen-bond donors (Lipinski definition) is 1. The normalized spacial score (nSPS) is 11.0. The van der Waals surface area contributed by atoms with Crippen molar-refractivity contribution in [2.45, 2.75) is 0 Å². The summed E-state index contributed by atoms with van der Waals surface area (Å²) in [4.78, 5) is 15.2. The van der Waals surface area contributed by atoms with Crippen molar-refractivity contribution in [3.63, 3.8) is 0 Å². The second kappa shape index (κ2) is 7.88. The minimum Gasteiger partial charge on any atom is -0.497 e. The number of methoxy groups -OCH3 is 2. The fourth-order valence-corrected chi connectivity index (χ4v) is 3.23. The summed E-state index contributed by atoms with van der Waals surface area (Å²) in [6, 6.07) is 11.1. The van der Waals surface area contributed by atoms with E-state index in [0.29, 0.717) is 11.5 Å². The number of thiazole rings is 1. The molecule has 0 aliphatic heterocycles. The monoisotopic (exact) mass is 371 g/mol. The Hall–Kier alpha value is -3.06. The third kappa shape index (κ3) is 4.12. The number of fused-ring (bicyclic) bond motifs is 1. The second-order valence-corrected chi connectivity index (χ2v) is 6.37. The van der Waals surface area contributed by atoms with E-state index in [1.807, 2.05) is 36.4 Å².